The van der Waals surface area contributed by atoms with Gasteiger partial charge in [0, 0.05) is 100 Å². The quantitative estimate of drug-likeness (QED) is 0.0534. The van der Waals surface area contributed by atoms with Gasteiger partial charge >= 0.3 is 0 Å². The molecule has 117 heavy (non-hydrogen) atoms. The third-order valence-electron chi connectivity index (χ3n) is 20.8. The fraction of sp³-hybridized carbons (Fsp3) is 0.311. The molecule has 4 heterocycles. The van der Waals surface area contributed by atoms with Crippen LogP contribution in [0.3, 0.4) is 0 Å². The van der Waals surface area contributed by atoms with Crippen LogP contribution in [0.25, 0.3) is 0 Å². The molecule has 0 radical (unpaired) electrons. The van der Waals surface area contributed by atoms with Crippen LogP contribution in [-0.4, -0.2) is 190 Å². The minimum atomic E-state index is -1.58. The van der Waals surface area contributed by atoms with Crippen molar-refractivity contribution in [1.82, 2.24) is 39.2 Å². The molecular formula is C90H96Cl4N8O15. The lowest BCUT2D eigenvalue weighted by molar-refractivity contribution is -0.139. The highest BCUT2D eigenvalue weighted by Crippen LogP contribution is 2.41. The molecule has 0 aliphatic carbocycles. The number of carbonyl (C=O) groups is 8. The lowest BCUT2D eigenvalue weighted by Gasteiger charge is -2.30. The Labute approximate surface area is 702 Å². The van der Waals surface area contributed by atoms with Crippen molar-refractivity contribution in [2.45, 2.75) is 120 Å². The van der Waals surface area contributed by atoms with Gasteiger partial charge in [-0.2, -0.15) is 0 Å². The molecule has 8 amide bonds. The van der Waals surface area contributed by atoms with E-state index in [1.165, 1.54) is 11.8 Å². The molecule has 0 spiro atoms. The maximum Gasteiger partial charge on any atom is 0.263 e. The number of ether oxygens (including phenoxy) is 5. The second-order valence-corrected chi connectivity index (χ2v) is 30.2. The molecule has 27 heteroatoms. The number of rotatable bonds is 24. The summed E-state index contributed by atoms with van der Waals surface area (Å²) in [5.74, 6) is 2.38. The van der Waals surface area contributed by atoms with E-state index < -0.39 is 55.1 Å². The molecule has 0 saturated carbocycles. The van der Waals surface area contributed by atoms with Gasteiger partial charge in [0.2, 0.25) is 41.4 Å². The molecule has 23 nitrogen and oxygen atoms in total. The number of aliphatic hydroxyl groups is 2. The summed E-state index contributed by atoms with van der Waals surface area (Å²) in [6, 6.07) is 65.5. The van der Waals surface area contributed by atoms with Crippen LogP contribution < -0.4 is 23.7 Å². The van der Waals surface area contributed by atoms with E-state index >= 15 is 0 Å². The second kappa shape index (κ2) is 41.1. The summed E-state index contributed by atoms with van der Waals surface area (Å²) in [7, 11) is 13.3. The topological polar surface area (TPSA) is 249 Å². The predicted octanol–water partition coefficient (Wildman–Crippen LogP) is 14.0. The molecule has 8 atom stereocenters. The molecule has 0 bridgehead atoms. The number of aliphatic hydroxyl groups excluding tert-OH is 1. The fourth-order valence-corrected chi connectivity index (χ4v) is 15.4. The van der Waals surface area contributed by atoms with Gasteiger partial charge in [-0.15, -0.1) is 0 Å². The Balaban J connectivity index is 0.000000165. The number of methoxy groups -OCH3 is 4. The third-order valence-corrected chi connectivity index (χ3v) is 21.8. The Bertz CT molecular complexity index is 4850. The smallest absolute Gasteiger partial charge is 0.263 e. The molecule has 0 aromatic heterocycles. The predicted molar refractivity (Wildman–Crippen MR) is 447 cm³/mol. The van der Waals surface area contributed by atoms with Crippen molar-refractivity contribution in [2.75, 3.05) is 63.2 Å². The lowest BCUT2D eigenvalue weighted by atomic mass is 10.0. The lowest BCUT2D eigenvalue weighted by Crippen LogP contribution is -2.43. The Morgan fingerprint density at radius 2 is 0.607 bits per heavy atom. The Hall–Kier alpha value is -11.2. The van der Waals surface area contributed by atoms with Crippen LogP contribution in [0.1, 0.15) is 109 Å². The van der Waals surface area contributed by atoms with E-state index in [-0.39, 0.29) is 66.7 Å². The van der Waals surface area contributed by atoms with Gasteiger partial charge < -0.3 is 73.1 Å². The molecule has 9 aromatic carbocycles. The van der Waals surface area contributed by atoms with Gasteiger partial charge in [0.05, 0.1) is 28.4 Å². The normalized spacial score (nSPS) is 18.9. The van der Waals surface area contributed by atoms with E-state index in [0.29, 0.717) is 63.7 Å². The summed E-state index contributed by atoms with van der Waals surface area (Å²) in [4.78, 5) is 117. The highest BCUT2D eigenvalue weighted by Gasteiger charge is 2.51. The van der Waals surface area contributed by atoms with Crippen LogP contribution in [0.4, 0.5) is 0 Å². The van der Waals surface area contributed by atoms with Crippen LogP contribution in [-0.2, 0) is 64.0 Å². The van der Waals surface area contributed by atoms with Gasteiger partial charge in [-0.3, -0.25) is 38.4 Å². The Kier molecular flexibility index (Phi) is 31.0. The molecular weight excluding hydrogens is 1570 g/mol. The minimum Gasteiger partial charge on any atom is -0.497 e. The fourth-order valence-electron chi connectivity index (χ4n) is 14.9. The van der Waals surface area contributed by atoms with Gasteiger partial charge in [-0.1, -0.05) is 169 Å². The van der Waals surface area contributed by atoms with Crippen molar-refractivity contribution in [1.29, 1.82) is 0 Å². The highest BCUT2D eigenvalue weighted by molar-refractivity contribution is 6.31. The summed E-state index contributed by atoms with van der Waals surface area (Å²) in [5, 5.41) is 20.8. The minimum absolute atomic E-state index is 0.0151. The van der Waals surface area contributed by atoms with Gasteiger partial charge in [0.1, 0.15) is 77.6 Å². The Morgan fingerprint density at radius 1 is 0.350 bits per heavy atom. The van der Waals surface area contributed by atoms with E-state index in [1.54, 1.807) is 164 Å². The van der Waals surface area contributed by atoms with Crippen molar-refractivity contribution in [3.8, 4) is 28.7 Å². The van der Waals surface area contributed by atoms with Crippen LogP contribution >= 0.6 is 46.4 Å². The summed E-state index contributed by atoms with van der Waals surface area (Å²) < 4.78 is 26.5. The average Bonchev–Trinajstić information content (AvgIpc) is 1.64. The molecule has 614 valence electrons. The van der Waals surface area contributed by atoms with E-state index in [1.807, 2.05) is 159 Å². The first-order valence-electron chi connectivity index (χ1n) is 38.0. The number of amides is 8. The van der Waals surface area contributed by atoms with E-state index in [0.717, 1.165) is 68.2 Å². The zero-order valence-electron chi connectivity index (χ0n) is 66.7. The average molecular weight is 1670 g/mol. The van der Waals surface area contributed by atoms with Gasteiger partial charge in [0.15, 0.2) is 12.9 Å². The first-order chi connectivity index (χ1) is 56.2. The van der Waals surface area contributed by atoms with Crippen LogP contribution in [0, 0.1) is 0 Å². The standard InChI is InChI=1S/C26H25ClN2O4.C22H25ClN2O5.C22H25ClN2O3.C20H21ClN2O3/c1-28-25(19-10-12-20(27)13-11-19)29(24(30)17-33-22-6-4-3-5-7-22)23(26(28)31)16-18-8-14-21(32-2)15-9-18;1-24-21(15-5-7-16(23)8-6-15)25(19(26)11-12-20(27)28)18(22(24)29)13-14-3-9-17(30-2)10-4-14;1-4-5-20(26)25-19(14-15-6-12-18(28-3)13-7-15)22(27)24(2)21(25)16-8-10-17(23)11-9-16;1-13(24)23-18(12-14-4-10-17(26-3)11-5-14)20(25)22(2)19(23)15-6-8-16(21)9-7-15/h3-15,23,25H,16-17H2,1-2H3;3-10,18,20-21,27-28H,11-13H2,1-2H3;6-13,19,21H,4-5,14H2,1-3H3;4-11,18-19H,12H2,1-3H3. The first kappa shape index (κ1) is 88.2. The maximum atomic E-state index is 13.4. The summed E-state index contributed by atoms with van der Waals surface area (Å²) >= 11 is 24.1. The zero-order valence-corrected chi connectivity index (χ0v) is 69.7. The molecule has 4 saturated heterocycles. The number of halogens is 4. The monoisotopic (exact) mass is 1670 g/mol. The van der Waals surface area contributed by atoms with Crippen molar-refractivity contribution in [3.63, 3.8) is 0 Å². The van der Waals surface area contributed by atoms with Crippen molar-refractivity contribution in [3.05, 3.63) is 289 Å². The van der Waals surface area contributed by atoms with Gasteiger partial charge in [-0.25, -0.2) is 0 Å². The molecule has 13 rings (SSSR count). The maximum absolute atomic E-state index is 13.4. The largest absolute Gasteiger partial charge is 0.497 e. The summed E-state index contributed by atoms with van der Waals surface area (Å²) in [6.07, 6.45) is -0.988. The van der Waals surface area contributed by atoms with E-state index in [4.69, 9.17) is 70.1 Å². The number of likely N-dealkylation sites (N-methyl/N-ethyl adjacent to an activating group) is 4. The van der Waals surface area contributed by atoms with Crippen LogP contribution in [0.5, 0.6) is 28.7 Å². The number of hydrogen-bond acceptors (Lipinski definition) is 15. The number of carbonyl (C=O) groups excluding carboxylic acids is 8. The van der Waals surface area contributed by atoms with Gasteiger partial charge in [-0.05, 0) is 160 Å². The van der Waals surface area contributed by atoms with Crippen LogP contribution in [0.2, 0.25) is 20.1 Å². The highest BCUT2D eigenvalue weighted by atomic mass is 35.5. The number of hydrogen-bond donors (Lipinski definition) is 2. The number of para-hydroxylation sites is 1. The van der Waals surface area contributed by atoms with Crippen molar-refractivity contribution in [2.24, 2.45) is 0 Å². The number of nitrogens with zero attached hydrogens (tertiary/aromatic N) is 8. The molecule has 4 fully saturated rings. The summed E-state index contributed by atoms with van der Waals surface area (Å²) in [6.45, 7) is 3.29. The molecule has 8 unspecified atom stereocenters. The molecule has 9 aromatic rings. The van der Waals surface area contributed by atoms with Gasteiger partial charge in [0.25, 0.3) is 5.91 Å². The number of benzene rings is 9. The van der Waals surface area contributed by atoms with Crippen LogP contribution in [0.15, 0.2) is 224 Å². The molecule has 4 aliphatic heterocycles. The van der Waals surface area contributed by atoms with Crippen molar-refractivity contribution < 1.29 is 72.3 Å². The molecule has 4 aliphatic rings. The molecule has 2 N–H and O–H groups in total. The Morgan fingerprint density at radius 3 is 0.863 bits per heavy atom. The first-order valence-corrected chi connectivity index (χ1v) is 39.5. The zero-order chi connectivity index (χ0) is 84.3. The third kappa shape index (κ3) is 21.7. The van der Waals surface area contributed by atoms with E-state index in [2.05, 4.69) is 0 Å². The van der Waals surface area contributed by atoms with E-state index in [9.17, 15) is 48.6 Å². The summed E-state index contributed by atoms with van der Waals surface area (Å²) in [5.41, 5.74) is 7.07. The second-order valence-electron chi connectivity index (χ2n) is 28.5. The van der Waals surface area contributed by atoms with Crippen molar-refractivity contribution >= 4 is 93.7 Å². The SMILES string of the molecule is CCCC(=O)N1C(Cc2ccc(OC)cc2)C(=O)N(C)C1c1ccc(Cl)cc1.COc1ccc(CC2C(=O)N(C)C(c3ccc(Cl)cc3)N2C(=O)CCC(O)O)cc1.COc1ccc(CC2C(=O)N(C)C(c3ccc(Cl)cc3)N2C(=O)COc2ccccc2)cc1.COc1ccc(CC2C(=O)N(C)C(c3ccc(Cl)cc3)N2C(C)=O)cc1.